The Balaban J connectivity index is 0.000000202. The molecule has 132 heavy (non-hydrogen) atoms. The van der Waals surface area contributed by atoms with Gasteiger partial charge in [-0.1, -0.05) is 365 Å². The third-order valence-corrected chi connectivity index (χ3v) is 26.8. The summed E-state index contributed by atoms with van der Waals surface area (Å²) in [6, 6.07) is 112. The second-order valence-corrected chi connectivity index (χ2v) is 47.3. The molecule has 2 aliphatic heterocycles. The van der Waals surface area contributed by atoms with Crippen LogP contribution in [0.1, 0.15) is 263 Å². The van der Waals surface area contributed by atoms with Crippen molar-refractivity contribution in [3.05, 3.63) is 364 Å². The molecule has 678 valence electrons. The number of halogens is 1. The van der Waals surface area contributed by atoms with E-state index in [4.69, 9.17) is 21.6 Å². The number of para-hydroxylation sites is 2. The highest BCUT2D eigenvalue weighted by Gasteiger charge is 2.46. The zero-order chi connectivity index (χ0) is 95.3. The molecule has 0 atom stereocenters. The fourth-order valence-electron chi connectivity index (χ4n) is 18.0. The Labute approximate surface area is 797 Å². The highest BCUT2D eigenvalue weighted by atomic mass is 35.5. The van der Waals surface area contributed by atoms with Gasteiger partial charge in [0.25, 0.3) is 6.71 Å². The Bertz CT molecular complexity index is 6260. The van der Waals surface area contributed by atoms with Gasteiger partial charge in [0.15, 0.2) is 0 Å². The predicted octanol–water partition coefficient (Wildman–Crippen LogP) is 33.8. The topological polar surface area (TPSA) is 45.2 Å². The van der Waals surface area contributed by atoms with Crippen molar-refractivity contribution in [3.63, 3.8) is 0 Å². The summed E-state index contributed by atoms with van der Waals surface area (Å²) in [5, 5.41) is 0.617. The molecule has 0 amide bonds. The smallest absolute Gasteiger partial charge is 0.254 e. The molecule has 0 bridgehead atoms. The molecule has 12 aromatic carbocycles. The van der Waals surface area contributed by atoms with Gasteiger partial charge in [0, 0.05) is 68.2 Å². The lowest BCUT2D eigenvalue weighted by Gasteiger charge is -2.45. The Morgan fingerprint density at radius 1 is 0.220 bits per heavy atom. The van der Waals surface area contributed by atoms with Crippen LogP contribution in [0.2, 0.25) is 5.02 Å². The van der Waals surface area contributed by atoms with Crippen LogP contribution in [0.4, 0.5) is 103 Å². The van der Waals surface area contributed by atoms with Crippen LogP contribution >= 0.6 is 11.6 Å². The minimum Gasteiger partial charge on any atom is -0.311 e. The summed E-state index contributed by atoms with van der Waals surface area (Å²) in [6.45, 7) is 68.3. The molecular weight excluding hydrogens is 1620 g/mol. The molecule has 8 nitrogen and oxygen atoms in total. The van der Waals surface area contributed by atoms with Crippen LogP contribution in [0, 0.1) is 0 Å². The summed E-state index contributed by atoms with van der Waals surface area (Å²) in [7, 11) is 0. The molecule has 0 unspecified atom stereocenters. The second-order valence-electron chi connectivity index (χ2n) is 46.9. The van der Waals surface area contributed by atoms with E-state index in [1.165, 1.54) is 83.5 Å². The molecule has 0 spiro atoms. The first-order valence-electron chi connectivity index (χ1n) is 47.5. The first-order chi connectivity index (χ1) is 61.7. The number of benzene rings is 12. The Hall–Kier alpha value is -11.9. The highest BCUT2D eigenvalue weighted by Crippen LogP contribution is 2.53. The Morgan fingerprint density at radius 2 is 0.508 bits per heavy atom. The average molecular weight is 1760 g/mol. The van der Waals surface area contributed by atoms with Crippen LogP contribution in [0.15, 0.2) is 303 Å². The van der Waals surface area contributed by atoms with Crippen molar-refractivity contribution in [2.75, 3.05) is 29.4 Å². The van der Waals surface area contributed by atoms with Gasteiger partial charge in [0.2, 0.25) is 0 Å². The average Bonchev–Trinajstić information content (AvgIpc) is 0.690. The quantitative estimate of drug-likeness (QED) is 0.0998. The summed E-state index contributed by atoms with van der Waals surface area (Å²) in [6.07, 6.45) is 0. The summed E-state index contributed by atoms with van der Waals surface area (Å²) >= 11 is 8.00. The van der Waals surface area contributed by atoms with Crippen molar-refractivity contribution >= 4 is 138 Å². The molecule has 2 aliphatic rings. The fourth-order valence-corrected chi connectivity index (χ4v) is 18.3. The third-order valence-electron chi connectivity index (χ3n) is 26.4. The molecule has 0 N–H and O–H groups in total. The summed E-state index contributed by atoms with van der Waals surface area (Å²) in [5.74, 6) is 3.36. The largest absolute Gasteiger partial charge is 0.311 e. The molecule has 0 radical (unpaired) electrons. The number of rotatable bonds is 14. The molecule has 0 fully saturated rings. The van der Waals surface area contributed by atoms with Crippen molar-refractivity contribution in [3.8, 4) is 0 Å². The molecule has 0 saturated heterocycles. The summed E-state index contributed by atoms with van der Waals surface area (Å²) in [4.78, 5) is 25.6. The summed E-state index contributed by atoms with van der Waals surface area (Å²) in [5.41, 5.74) is 31.1. The number of pyridine rings is 2. The van der Waals surface area contributed by atoms with Crippen molar-refractivity contribution < 1.29 is 0 Å². The molecule has 4 heterocycles. The minimum atomic E-state index is -0.223. The maximum Gasteiger partial charge on any atom is 0.254 e. The van der Waals surface area contributed by atoms with Gasteiger partial charge in [-0.2, -0.15) is 0 Å². The van der Waals surface area contributed by atoms with E-state index in [9.17, 15) is 0 Å². The maximum atomic E-state index is 8.00. The lowest BCUT2D eigenvalue weighted by atomic mass is 9.33. The number of hydrogen-bond acceptors (Lipinski definition) is 8. The third kappa shape index (κ3) is 19.8. The normalized spacial score (nSPS) is 13.2. The molecular formula is C122H140BClN8. The van der Waals surface area contributed by atoms with Crippen LogP contribution in [-0.4, -0.2) is 16.7 Å². The van der Waals surface area contributed by atoms with E-state index in [1.807, 2.05) is 0 Å². The maximum absolute atomic E-state index is 8.00. The van der Waals surface area contributed by atoms with Gasteiger partial charge in [0.05, 0.1) is 16.4 Å². The SMILES string of the molecule is CC(C)(C)c1ccc(N(c2ccc(C(C)(C)C)cc2)c2ccc3c(n2)N(c2ccccc2)c2cc(C(C)(C)C)cc4c2B3c2cc(C(C)(C)C)ccc2N4c2ccc(C(C)(C)C)cc2)cc1.CC(C)(C)c1ccc(N(c2ccc(C(C)(C)C)cc2)c2cccc(N(c3ccccc3)c3cc(C(C)(C)C)cc(N(c4ccc(C(C)(C)C)cc4)c4ccc(C(C)(C)C)cc4)c3Cl)n2)cc1. The van der Waals surface area contributed by atoms with Crippen molar-refractivity contribution in [2.24, 2.45) is 0 Å². The van der Waals surface area contributed by atoms with E-state index in [-0.39, 0.29) is 60.9 Å². The van der Waals surface area contributed by atoms with Gasteiger partial charge in [-0.05, 0) is 284 Å². The van der Waals surface area contributed by atoms with Crippen LogP contribution in [0.3, 0.4) is 0 Å². The van der Waals surface area contributed by atoms with Gasteiger partial charge in [-0.25, -0.2) is 9.97 Å². The van der Waals surface area contributed by atoms with E-state index in [0.717, 1.165) is 91.4 Å². The minimum absolute atomic E-state index is 0.00768. The molecule has 0 aliphatic carbocycles. The van der Waals surface area contributed by atoms with Crippen LogP contribution in [0.5, 0.6) is 0 Å². The van der Waals surface area contributed by atoms with Crippen LogP contribution < -0.4 is 45.8 Å². The van der Waals surface area contributed by atoms with E-state index in [0.29, 0.717) is 5.02 Å². The number of fused-ring (bicyclic) bond motifs is 4. The fraction of sp³-hybridized carbons (Fsp3) is 0.328. The van der Waals surface area contributed by atoms with E-state index in [1.54, 1.807) is 0 Å². The predicted molar refractivity (Wildman–Crippen MR) is 573 cm³/mol. The van der Waals surface area contributed by atoms with Gasteiger partial charge < -0.3 is 9.80 Å². The molecule has 14 aromatic rings. The first-order valence-corrected chi connectivity index (χ1v) is 47.9. The zero-order valence-electron chi connectivity index (χ0n) is 84.4. The van der Waals surface area contributed by atoms with E-state index < -0.39 is 0 Å². The second kappa shape index (κ2) is 35.2. The van der Waals surface area contributed by atoms with Crippen molar-refractivity contribution in [1.82, 2.24) is 9.97 Å². The lowest BCUT2D eigenvalue weighted by molar-refractivity contribution is 0.589. The molecule has 0 saturated carbocycles. The molecule has 16 rings (SSSR count). The van der Waals surface area contributed by atoms with Gasteiger partial charge in [-0.15, -0.1) is 0 Å². The van der Waals surface area contributed by atoms with Crippen molar-refractivity contribution in [1.29, 1.82) is 0 Å². The van der Waals surface area contributed by atoms with Crippen LogP contribution in [-0.2, 0) is 54.1 Å². The molecule has 2 aromatic heterocycles. The summed E-state index contributed by atoms with van der Waals surface area (Å²) < 4.78 is 0. The Morgan fingerprint density at radius 3 is 0.871 bits per heavy atom. The van der Waals surface area contributed by atoms with Gasteiger partial charge in [-0.3, -0.25) is 19.6 Å². The number of hydrogen-bond donors (Lipinski definition) is 0. The first kappa shape index (κ1) is 94.7. The van der Waals surface area contributed by atoms with Gasteiger partial charge in [0.1, 0.15) is 23.3 Å². The van der Waals surface area contributed by atoms with E-state index in [2.05, 4.69) is 540 Å². The van der Waals surface area contributed by atoms with Gasteiger partial charge >= 0.3 is 0 Å². The van der Waals surface area contributed by atoms with Crippen LogP contribution in [0.25, 0.3) is 0 Å². The number of nitrogens with zero attached hydrogens (tertiary/aromatic N) is 8. The number of aromatic nitrogens is 2. The lowest BCUT2D eigenvalue weighted by Crippen LogP contribution is -2.62. The highest BCUT2D eigenvalue weighted by molar-refractivity contribution is 7.00. The molecule has 10 heteroatoms. The monoisotopic (exact) mass is 1760 g/mol. The Kier molecular flexibility index (Phi) is 25.3. The standard InChI is InChI=1S/C61H69BN4.C61H71ClN4/c1-57(2,3)40-21-28-46(29-22-40)64(47-30-23-41(24-31-47)58(4,5)6)54-36-34-49-56(63-54)66(45-19-17-16-18-20-45)53-39-44(61(13,14)15)38-52-55(53)62(49)50-37-43(60(10,11)12)27-35-51(50)65(52)48-32-25-42(26-33-48)59(7,8)9;1-57(2,3)42-24-32-48(33-25-42)64(49-34-26-43(27-35-49)58(4,5)6)52-40-46(61(13,14)15)41-53(56(52)62)66(47-20-17-16-18-21-47)55-23-19-22-54(63-55)65(50-36-28-44(29-37-50)59(7,8)9)51-38-30-45(31-39-51)60(10,11)12/h16-39H,1-15H3;16-41H,1-15H3. The zero-order valence-corrected chi connectivity index (χ0v) is 85.2. The number of anilines is 18. The van der Waals surface area contributed by atoms with E-state index >= 15 is 0 Å². The van der Waals surface area contributed by atoms with Crippen molar-refractivity contribution in [2.45, 2.75) is 262 Å².